The summed E-state index contributed by atoms with van der Waals surface area (Å²) in [7, 11) is -3.63. The van der Waals surface area contributed by atoms with Crippen LogP contribution in [0, 0.1) is 13.8 Å². The zero-order valence-corrected chi connectivity index (χ0v) is 15.1. The normalized spacial score (nSPS) is 11.3. The highest BCUT2D eigenvalue weighted by atomic mass is 79.9. The van der Waals surface area contributed by atoms with Crippen molar-refractivity contribution < 1.29 is 13.2 Å². The number of nitrogens with one attached hydrogen (secondary N) is 1. The Morgan fingerprint density at radius 3 is 2.32 bits per heavy atom. The first kappa shape index (κ1) is 16.8. The van der Waals surface area contributed by atoms with Crippen molar-refractivity contribution in [1.82, 2.24) is 0 Å². The number of benzene rings is 2. The number of hydrogen-bond acceptors (Lipinski definition) is 3. The third-order valence-corrected chi connectivity index (χ3v) is 5.21. The Hall–Kier alpha value is -1.53. The Morgan fingerprint density at radius 1 is 1.09 bits per heavy atom. The lowest BCUT2D eigenvalue weighted by Crippen LogP contribution is -2.14. The monoisotopic (exact) mass is 383 g/mol. The molecule has 0 aliphatic heterocycles. The fraction of sp³-hybridized carbons (Fsp3) is 0.250. The van der Waals surface area contributed by atoms with E-state index in [0.717, 1.165) is 10.0 Å². The van der Waals surface area contributed by atoms with Gasteiger partial charge in [-0.3, -0.25) is 4.72 Å². The van der Waals surface area contributed by atoms with Gasteiger partial charge >= 0.3 is 0 Å². The van der Waals surface area contributed by atoms with Crippen LogP contribution in [-0.2, 0) is 10.0 Å². The zero-order chi connectivity index (χ0) is 16.3. The summed E-state index contributed by atoms with van der Waals surface area (Å²) in [6, 6.07) is 10.4. The van der Waals surface area contributed by atoms with Crippen LogP contribution in [0.4, 0.5) is 5.69 Å². The first-order valence-electron chi connectivity index (χ1n) is 6.86. The van der Waals surface area contributed by atoms with Gasteiger partial charge in [-0.2, -0.15) is 0 Å². The molecule has 0 radical (unpaired) electrons. The quantitative estimate of drug-likeness (QED) is 0.838. The second-order valence-corrected chi connectivity index (χ2v) is 7.50. The Balaban J connectivity index is 2.37. The van der Waals surface area contributed by atoms with Gasteiger partial charge in [-0.25, -0.2) is 8.42 Å². The van der Waals surface area contributed by atoms with E-state index in [9.17, 15) is 8.42 Å². The summed E-state index contributed by atoms with van der Waals surface area (Å²) >= 11 is 3.32. The van der Waals surface area contributed by atoms with Gasteiger partial charge in [-0.05, 0) is 68.3 Å². The molecule has 0 heterocycles. The average Bonchev–Trinajstić information content (AvgIpc) is 2.45. The lowest BCUT2D eigenvalue weighted by atomic mass is 10.1. The predicted octanol–water partition coefficient (Wildman–Crippen LogP) is 4.27. The van der Waals surface area contributed by atoms with E-state index in [1.54, 1.807) is 43.3 Å². The van der Waals surface area contributed by atoms with E-state index in [4.69, 9.17) is 4.74 Å². The molecule has 0 unspecified atom stereocenters. The van der Waals surface area contributed by atoms with E-state index in [1.807, 2.05) is 13.8 Å². The molecular weight excluding hydrogens is 366 g/mol. The van der Waals surface area contributed by atoms with Crippen LogP contribution in [-0.4, -0.2) is 15.0 Å². The molecule has 118 valence electrons. The van der Waals surface area contributed by atoms with Gasteiger partial charge in [0.1, 0.15) is 5.75 Å². The molecule has 2 aromatic carbocycles. The molecule has 2 rings (SSSR count). The first-order valence-corrected chi connectivity index (χ1v) is 9.13. The Labute approximate surface area is 139 Å². The van der Waals surface area contributed by atoms with Crippen molar-refractivity contribution in [3.05, 3.63) is 52.0 Å². The van der Waals surface area contributed by atoms with Crippen molar-refractivity contribution in [2.45, 2.75) is 25.7 Å². The van der Waals surface area contributed by atoms with Crippen LogP contribution in [0.25, 0.3) is 0 Å². The maximum Gasteiger partial charge on any atom is 0.262 e. The van der Waals surface area contributed by atoms with E-state index in [2.05, 4.69) is 20.7 Å². The van der Waals surface area contributed by atoms with Gasteiger partial charge < -0.3 is 4.74 Å². The third kappa shape index (κ3) is 3.81. The zero-order valence-electron chi connectivity index (χ0n) is 12.7. The van der Waals surface area contributed by atoms with E-state index < -0.39 is 10.0 Å². The summed E-state index contributed by atoms with van der Waals surface area (Å²) < 4.78 is 34.1. The minimum atomic E-state index is -3.63. The van der Waals surface area contributed by atoms with Gasteiger partial charge in [0, 0.05) is 10.2 Å². The van der Waals surface area contributed by atoms with Gasteiger partial charge in [0.25, 0.3) is 10.0 Å². The summed E-state index contributed by atoms with van der Waals surface area (Å²) in [5, 5.41) is 0. The van der Waals surface area contributed by atoms with Crippen LogP contribution in [0.15, 0.2) is 45.8 Å². The van der Waals surface area contributed by atoms with Gasteiger partial charge in [0.05, 0.1) is 11.5 Å². The van der Waals surface area contributed by atoms with E-state index >= 15 is 0 Å². The summed E-state index contributed by atoms with van der Waals surface area (Å²) in [6.45, 7) is 6.04. The van der Waals surface area contributed by atoms with Crippen LogP contribution in [0.3, 0.4) is 0 Å². The second-order valence-electron chi connectivity index (χ2n) is 4.93. The molecule has 0 aliphatic rings. The molecule has 0 aromatic heterocycles. The highest BCUT2D eigenvalue weighted by molar-refractivity contribution is 9.10. The number of hydrogen-bond donors (Lipinski definition) is 1. The molecule has 0 atom stereocenters. The number of rotatable bonds is 5. The van der Waals surface area contributed by atoms with Crippen molar-refractivity contribution in [2.24, 2.45) is 0 Å². The number of aryl methyl sites for hydroxylation is 2. The van der Waals surface area contributed by atoms with Crippen LogP contribution >= 0.6 is 15.9 Å². The molecule has 0 amide bonds. The fourth-order valence-corrected chi connectivity index (χ4v) is 3.73. The summed E-state index contributed by atoms with van der Waals surface area (Å²) in [6.07, 6.45) is 0. The average molecular weight is 384 g/mol. The smallest absolute Gasteiger partial charge is 0.262 e. The van der Waals surface area contributed by atoms with Crippen LogP contribution < -0.4 is 9.46 Å². The number of anilines is 1. The van der Waals surface area contributed by atoms with Crippen LogP contribution in [0.2, 0.25) is 0 Å². The minimum Gasteiger partial charge on any atom is -0.494 e. The molecule has 0 fully saturated rings. The minimum absolute atomic E-state index is 0.261. The topological polar surface area (TPSA) is 55.4 Å². The summed E-state index contributed by atoms with van der Waals surface area (Å²) in [5.41, 5.74) is 1.97. The second kappa shape index (κ2) is 6.71. The molecule has 2 aromatic rings. The Kier molecular flexibility index (Phi) is 5.13. The van der Waals surface area contributed by atoms with E-state index in [1.165, 1.54) is 0 Å². The lowest BCUT2D eigenvalue weighted by Gasteiger charge is -2.14. The van der Waals surface area contributed by atoms with Gasteiger partial charge in [0.2, 0.25) is 0 Å². The summed E-state index contributed by atoms with van der Waals surface area (Å²) in [5.74, 6) is 0.711. The highest BCUT2D eigenvalue weighted by Gasteiger charge is 2.19. The lowest BCUT2D eigenvalue weighted by molar-refractivity contribution is 0.337. The molecule has 6 heteroatoms. The Morgan fingerprint density at radius 2 is 1.73 bits per heavy atom. The van der Waals surface area contributed by atoms with Crippen molar-refractivity contribution in [3.8, 4) is 5.75 Å². The molecular formula is C16H18BrNO3S. The first-order chi connectivity index (χ1) is 10.3. The maximum absolute atomic E-state index is 12.6. The van der Waals surface area contributed by atoms with Crippen LogP contribution in [0.5, 0.6) is 5.75 Å². The van der Waals surface area contributed by atoms with Crippen molar-refractivity contribution in [3.63, 3.8) is 0 Å². The number of ether oxygens (including phenoxy) is 1. The van der Waals surface area contributed by atoms with Crippen molar-refractivity contribution in [1.29, 1.82) is 0 Å². The fourth-order valence-electron chi connectivity index (χ4n) is 2.09. The van der Waals surface area contributed by atoms with E-state index in [0.29, 0.717) is 23.6 Å². The predicted molar refractivity (Wildman–Crippen MR) is 92.0 cm³/mol. The van der Waals surface area contributed by atoms with Crippen LogP contribution in [0.1, 0.15) is 18.1 Å². The summed E-state index contributed by atoms with van der Waals surface area (Å²) in [4.78, 5) is 0.261. The van der Waals surface area contributed by atoms with E-state index in [-0.39, 0.29) is 4.90 Å². The third-order valence-electron chi connectivity index (χ3n) is 3.16. The standard InChI is InChI=1S/C16H18BrNO3S/c1-4-21-15-9-12(3)16(10-11(15)2)22(19,20)18-14-7-5-13(17)6-8-14/h5-10,18H,4H2,1-3H3. The maximum atomic E-state index is 12.6. The molecule has 0 saturated heterocycles. The number of halogens is 1. The van der Waals surface area contributed by atoms with Gasteiger partial charge in [0.15, 0.2) is 0 Å². The molecule has 22 heavy (non-hydrogen) atoms. The highest BCUT2D eigenvalue weighted by Crippen LogP contribution is 2.27. The van der Waals surface area contributed by atoms with Crippen molar-refractivity contribution in [2.75, 3.05) is 11.3 Å². The SMILES string of the molecule is CCOc1cc(C)c(S(=O)(=O)Nc2ccc(Br)cc2)cc1C. The largest absolute Gasteiger partial charge is 0.494 e. The molecule has 4 nitrogen and oxygen atoms in total. The molecule has 0 spiro atoms. The van der Waals surface area contributed by atoms with Gasteiger partial charge in [-0.15, -0.1) is 0 Å². The molecule has 1 N–H and O–H groups in total. The van der Waals surface area contributed by atoms with Gasteiger partial charge in [-0.1, -0.05) is 15.9 Å². The Bertz CT molecular complexity index is 771. The molecule has 0 aliphatic carbocycles. The molecule has 0 saturated carbocycles. The number of sulfonamides is 1. The van der Waals surface area contributed by atoms with Crippen molar-refractivity contribution >= 4 is 31.6 Å². The molecule has 0 bridgehead atoms.